The lowest BCUT2D eigenvalue weighted by Crippen LogP contribution is -2.27. The summed E-state index contributed by atoms with van der Waals surface area (Å²) in [5.41, 5.74) is 8.93. The maximum Gasteiger partial charge on any atom is 0.0469 e. The van der Waals surface area contributed by atoms with Gasteiger partial charge in [-0.3, -0.25) is 0 Å². The smallest absolute Gasteiger partial charge is 0.0469 e. The lowest BCUT2D eigenvalue weighted by Gasteiger charge is -2.28. The molecule has 0 spiro atoms. The van der Waals surface area contributed by atoms with Gasteiger partial charge in [0.1, 0.15) is 0 Å². The molecule has 3 nitrogen and oxygen atoms in total. The minimum absolute atomic E-state index is 0. The van der Waals surface area contributed by atoms with Crippen LogP contribution in [0.1, 0.15) is 38.3 Å². The van der Waals surface area contributed by atoms with Crippen LogP contribution >= 0.6 is 12.4 Å². The van der Waals surface area contributed by atoms with Crippen molar-refractivity contribution in [3.05, 3.63) is 29.8 Å². The van der Waals surface area contributed by atoms with Gasteiger partial charge in [0.05, 0.1) is 0 Å². The highest BCUT2D eigenvalue weighted by atomic mass is 35.5. The van der Waals surface area contributed by atoms with Crippen LogP contribution in [0.2, 0.25) is 0 Å². The van der Waals surface area contributed by atoms with Crippen LogP contribution in [0.4, 0.5) is 5.69 Å². The van der Waals surface area contributed by atoms with Crippen molar-refractivity contribution < 1.29 is 4.74 Å². The quantitative estimate of drug-likeness (QED) is 0.905. The molecule has 0 unspecified atom stereocenters. The third kappa shape index (κ3) is 4.11. The molecule has 0 aliphatic carbocycles. The van der Waals surface area contributed by atoms with E-state index < -0.39 is 0 Å². The van der Waals surface area contributed by atoms with Crippen molar-refractivity contribution in [2.75, 3.05) is 31.2 Å². The number of nitrogens with two attached hydrogens (primary N) is 1. The second-order valence-corrected chi connectivity index (χ2v) is 5.24. The lowest BCUT2D eigenvalue weighted by molar-refractivity contribution is 0.0584. The highest BCUT2D eigenvalue weighted by molar-refractivity contribution is 5.85. The van der Waals surface area contributed by atoms with Crippen LogP contribution in [-0.2, 0) is 4.74 Å². The second kappa shape index (κ2) is 8.50. The molecule has 2 rings (SSSR count). The molecule has 1 atom stereocenters. The van der Waals surface area contributed by atoms with E-state index >= 15 is 0 Å². The number of anilines is 1. The molecule has 0 saturated carbocycles. The number of benzene rings is 1. The van der Waals surface area contributed by atoms with Gasteiger partial charge in [0.2, 0.25) is 0 Å². The van der Waals surface area contributed by atoms with Crippen LogP contribution < -0.4 is 10.6 Å². The van der Waals surface area contributed by atoms with Crippen LogP contribution in [0.3, 0.4) is 0 Å². The van der Waals surface area contributed by atoms with Crippen LogP contribution in [0.15, 0.2) is 24.3 Å². The summed E-state index contributed by atoms with van der Waals surface area (Å²) in [6, 6.07) is 8.92. The van der Waals surface area contributed by atoms with Crippen molar-refractivity contribution in [1.82, 2.24) is 0 Å². The largest absolute Gasteiger partial charge is 0.381 e. The molecule has 114 valence electrons. The number of rotatable bonds is 5. The predicted molar refractivity (Wildman–Crippen MR) is 87.7 cm³/mol. The topological polar surface area (TPSA) is 38.5 Å². The first kappa shape index (κ1) is 17.3. The second-order valence-electron chi connectivity index (χ2n) is 5.24. The van der Waals surface area contributed by atoms with Crippen LogP contribution in [0, 0.1) is 5.92 Å². The molecule has 1 saturated heterocycles. The van der Waals surface area contributed by atoms with Gasteiger partial charge in [-0.2, -0.15) is 0 Å². The van der Waals surface area contributed by atoms with Gasteiger partial charge >= 0.3 is 0 Å². The van der Waals surface area contributed by atoms with E-state index in [0.717, 1.165) is 39.1 Å². The molecule has 0 aromatic heterocycles. The van der Waals surface area contributed by atoms with E-state index in [1.807, 2.05) is 0 Å². The van der Waals surface area contributed by atoms with Crippen LogP contribution in [0.25, 0.3) is 0 Å². The average Bonchev–Trinajstić information content (AvgIpc) is 2.49. The van der Waals surface area contributed by atoms with Crippen molar-refractivity contribution in [3.8, 4) is 0 Å². The fourth-order valence-corrected chi connectivity index (χ4v) is 2.84. The van der Waals surface area contributed by atoms with E-state index in [1.165, 1.54) is 11.3 Å². The molecule has 1 aromatic carbocycles. The van der Waals surface area contributed by atoms with E-state index in [2.05, 4.69) is 43.0 Å². The molecule has 1 aliphatic heterocycles. The Hall–Kier alpha value is -0.770. The molecular weight excluding hydrogens is 272 g/mol. The molecule has 1 aliphatic rings. The zero-order valence-corrected chi connectivity index (χ0v) is 13.4. The summed E-state index contributed by atoms with van der Waals surface area (Å²) in [6.07, 6.45) is 2.16. The van der Waals surface area contributed by atoms with Gasteiger partial charge < -0.3 is 15.4 Å². The minimum atomic E-state index is 0. The van der Waals surface area contributed by atoms with Gasteiger partial charge in [-0.05, 0) is 50.3 Å². The summed E-state index contributed by atoms with van der Waals surface area (Å²) < 4.78 is 5.40. The summed E-state index contributed by atoms with van der Waals surface area (Å²) in [7, 11) is 0. The Morgan fingerprint density at radius 1 is 1.15 bits per heavy atom. The molecule has 1 aromatic rings. The number of halogens is 1. The monoisotopic (exact) mass is 298 g/mol. The average molecular weight is 299 g/mol. The zero-order valence-electron chi connectivity index (χ0n) is 12.5. The Morgan fingerprint density at radius 2 is 1.70 bits per heavy atom. The highest BCUT2D eigenvalue weighted by Crippen LogP contribution is 2.29. The van der Waals surface area contributed by atoms with Crippen molar-refractivity contribution in [2.24, 2.45) is 11.7 Å². The number of hydrogen-bond acceptors (Lipinski definition) is 3. The first-order valence-electron chi connectivity index (χ1n) is 7.44. The zero-order chi connectivity index (χ0) is 13.7. The Balaban J connectivity index is 0.00000200. The number of hydrogen-bond donors (Lipinski definition) is 1. The van der Waals surface area contributed by atoms with Gasteiger partial charge in [0.15, 0.2) is 0 Å². The summed E-state index contributed by atoms with van der Waals surface area (Å²) in [6.45, 7) is 8.17. The van der Waals surface area contributed by atoms with Crippen molar-refractivity contribution in [3.63, 3.8) is 0 Å². The molecule has 1 heterocycles. The molecular formula is C16H27ClN2O. The van der Waals surface area contributed by atoms with Gasteiger partial charge in [-0.15, -0.1) is 12.4 Å². The van der Waals surface area contributed by atoms with E-state index in [9.17, 15) is 0 Å². The van der Waals surface area contributed by atoms with Gasteiger partial charge in [0.25, 0.3) is 0 Å². The summed E-state index contributed by atoms with van der Waals surface area (Å²) in [4.78, 5) is 2.35. The molecule has 1 fully saturated rings. The first-order valence-corrected chi connectivity index (χ1v) is 7.44. The predicted octanol–water partition coefficient (Wildman–Crippen LogP) is 3.38. The molecule has 2 N–H and O–H groups in total. The summed E-state index contributed by atoms with van der Waals surface area (Å²) >= 11 is 0. The maximum absolute atomic E-state index is 6.39. The Bertz CT molecular complexity index is 373. The van der Waals surface area contributed by atoms with Crippen molar-refractivity contribution in [2.45, 2.75) is 32.7 Å². The van der Waals surface area contributed by atoms with E-state index in [1.54, 1.807) is 0 Å². The van der Waals surface area contributed by atoms with Gasteiger partial charge in [-0.1, -0.05) is 12.1 Å². The van der Waals surface area contributed by atoms with E-state index in [4.69, 9.17) is 10.5 Å². The van der Waals surface area contributed by atoms with E-state index in [0.29, 0.717) is 5.92 Å². The normalized spacial score (nSPS) is 17.4. The summed E-state index contributed by atoms with van der Waals surface area (Å²) in [5, 5.41) is 0. The molecule has 20 heavy (non-hydrogen) atoms. The Morgan fingerprint density at radius 3 is 2.20 bits per heavy atom. The van der Waals surface area contributed by atoms with E-state index in [-0.39, 0.29) is 18.4 Å². The molecule has 0 bridgehead atoms. The Kier molecular flexibility index (Phi) is 7.35. The summed E-state index contributed by atoms with van der Waals surface area (Å²) in [5.74, 6) is 0.563. The standard InChI is InChI=1S/C16H26N2O.ClH/c1-3-18(4-2)15-7-5-13(6-8-15)16(17)14-9-11-19-12-10-14;/h5-8,14,16H,3-4,9-12,17H2,1-2H3;1H/t16-;/m1./s1. The SMILES string of the molecule is CCN(CC)c1ccc([C@@H](N)C2CCOCC2)cc1.Cl. The van der Waals surface area contributed by atoms with Gasteiger partial charge in [0, 0.05) is 38.0 Å². The minimum Gasteiger partial charge on any atom is -0.381 e. The fourth-order valence-electron chi connectivity index (χ4n) is 2.84. The molecule has 0 amide bonds. The maximum atomic E-state index is 6.39. The highest BCUT2D eigenvalue weighted by Gasteiger charge is 2.22. The molecule has 0 radical (unpaired) electrons. The fraction of sp³-hybridized carbons (Fsp3) is 0.625. The van der Waals surface area contributed by atoms with Gasteiger partial charge in [-0.25, -0.2) is 0 Å². The van der Waals surface area contributed by atoms with Crippen molar-refractivity contribution in [1.29, 1.82) is 0 Å². The first-order chi connectivity index (χ1) is 9.26. The number of nitrogens with zero attached hydrogens (tertiary/aromatic N) is 1. The van der Waals surface area contributed by atoms with Crippen molar-refractivity contribution >= 4 is 18.1 Å². The number of ether oxygens (including phenoxy) is 1. The lowest BCUT2D eigenvalue weighted by atomic mass is 9.88. The van der Waals surface area contributed by atoms with Crippen LogP contribution in [0.5, 0.6) is 0 Å². The third-order valence-electron chi connectivity index (χ3n) is 4.18. The van der Waals surface area contributed by atoms with Crippen LogP contribution in [-0.4, -0.2) is 26.3 Å². The Labute approximate surface area is 128 Å². The molecule has 4 heteroatoms. The third-order valence-corrected chi connectivity index (χ3v) is 4.18.